The Morgan fingerprint density at radius 2 is 2.00 bits per heavy atom. The van der Waals surface area contributed by atoms with E-state index in [1.807, 2.05) is 0 Å². The number of rotatable bonds is 4. The van der Waals surface area contributed by atoms with Crippen LogP contribution in [-0.2, 0) is 0 Å². The topological polar surface area (TPSA) is 52.4 Å². The van der Waals surface area contributed by atoms with E-state index >= 15 is 0 Å². The third-order valence-corrected chi connectivity index (χ3v) is 1.88. The molecule has 1 aromatic rings. The minimum atomic E-state index is -5.06. The van der Waals surface area contributed by atoms with Crippen LogP contribution in [0.25, 0.3) is 0 Å². The van der Waals surface area contributed by atoms with Gasteiger partial charge in [0.2, 0.25) is 0 Å². The van der Waals surface area contributed by atoms with E-state index in [1.54, 1.807) is 0 Å². The van der Waals surface area contributed by atoms with Crippen LogP contribution in [0.2, 0.25) is 0 Å². The summed E-state index contributed by atoms with van der Waals surface area (Å²) in [5.41, 5.74) is -0.167. The van der Waals surface area contributed by atoms with Crippen LogP contribution in [0.4, 0.5) is 18.6 Å². The molecule has 1 aromatic carbocycles. The Balaban J connectivity index is 0.00000256. The molecule has 9 heteroatoms. The summed E-state index contributed by atoms with van der Waals surface area (Å²) in [5, 5.41) is 10.5. The van der Waals surface area contributed by atoms with Crippen molar-refractivity contribution in [2.24, 2.45) is 0 Å². The Bertz CT molecular complexity index is 413. The van der Waals surface area contributed by atoms with Crippen LogP contribution in [0.15, 0.2) is 18.2 Å². The van der Waals surface area contributed by atoms with Crippen molar-refractivity contribution in [3.8, 4) is 5.75 Å². The van der Waals surface area contributed by atoms with Crippen LogP contribution in [0.5, 0.6) is 5.75 Å². The first-order valence-corrected chi connectivity index (χ1v) is 4.39. The average molecular weight is 273 g/mol. The first kappa shape index (κ1) is 16.9. The standard InChI is InChI=1S/C8H8BF3NO3.K/c1-6-7(13(14)15)3-2-4-8(6)16-5-9(10,11)12;/h2-4H,5H2,1H3;/q-1;+1. The predicted molar refractivity (Wildman–Crippen MR) is 52.4 cm³/mol. The van der Waals surface area contributed by atoms with Crippen LogP contribution in [0.3, 0.4) is 0 Å². The molecule has 0 amide bonds. The van der Waals surface area contributed by atoms with Crippen molar-refractivity contribution in [3.05, 3.63) is 33.9 Å². The Hall–Kier alpha value is -0.0887. The van der Waals surface area contributed by atoms with Gasteiger partial charge in [0.25, 0.3) is 5.69 Å². The number of benzene rings is 1. The van der Waals surface area contributed by atoms with Crippen molar-refractivity contribution in [2.75, 3.05) is 6.51 Å². The average Bonchev–Trinajstić information content (AvgIpc) is 2.14. The second kappa shape index (κ2) is 6.74. The monoisotopic (exact) mass is 273 g/mol. The summed E-state index contributed by atoms with van der Waals surface area (Å²) in [5.74, 6) is -0.117. The molecule has 0 aliphatic heterocycles. The van der Waals surface area contributed by atoms with Gasteiger partial charge in [-0.25, -0.2) is 0 Å². The molecule has 0 fully saturated rings. The molecule has 1 rings (SSSR count). The summed E-state index contributed by atoms with van der Waals surface area (Å²) in [6.07, 6.45) is 0. The Labute approximate surface area is 138 Å². The summed E-state index contributed by atoms with van der Waals surface area (Å²) in [6.45, 7) is -5.12. The fraction of sp³-hybridized carbons (Fsp3) is 0.250. The van der Waals surface area contributed by atoms with Crippen molar-refractivity contribution in [1.82, 2.24) is 0 Å². The molecule has 0 bridgehead atoms. The van der Waals surface area contributed by atoms with Crippen LogP contribution in [-0.4, -0.2) is 18.4 Å². The fourth-order valence-electron chi connectivity index (χ4n) is 1.14. The summed E-state index contributed by atoms with van der Waals surface area (Å²) < 4.78 is 40.3. The number of nitrogens with zero attached hydrogens (tertiary/aromatic N) is 1. The molecule has 0 N–H and O–H groups in total. The number of nitro groups is 1. The molecule has 0 radical (unpaired) electrons. The van der Waals surface area contributed by atoms with Gasteiger partial charge in [-0.2, -0.15) is 0 Å². The molecule has 4 nitrogen and oxygen atoms in total. The molecule has 88 valence electrons. The van der Waals surface area contributed by atoms with E-state index in [9.17, 15) is 23.1 Å². The van der Waals surface area contributed by atoms with Gasteiger partial charge in [0.05, 0.1) is 17.0 Å². The molecule has 0 saturated heterocycles. The molecule has 0 aliphatic carbocycles. The predicted octanol–water partition coefficient (Wildman–Crippen LogP) is -0.327. The molecule has 0 aromatic heterocycles. The maximum absolute atomic E-state index is 11.9. The molecule has 0 aliphatic rings. The quantitative estimate of drug-likeness (QED) is 0.429. The maximum Gasteiger partial charge on any atom is 1.00 e. The summed E-state index contributed by atoms with van der Waals surface area (Å²) >= 11 is 0. The minimum absolute atomic E-state index is 0. The zero-order valence-electron chi connectivity index (χ0n) is 9.32. The van der Waals surface area contributed by atoms with Crippen LogP contribution < -0.4 is 56.1 Å². The summed E-state index contributed by atoms with van der Waals surface area (Å²) in [6, 6.07) is 3.76. The number of ether oxygens (including phenoxy) is 1. The number of hydrogen-bond acceptors (Lipinski definition) is 3. The fourth-order valence-corrected chi connectivity index (χ4v) is 1.14. The van der Waals surface area contributed by atoms with E-state index in [4.69, 9.17) is 0 Å². The van der Waals surface area contributed by atoms with Crippen molar-refractivity contribution in [2.45, 2.75) is 6.92 Å². The smallest absolute Gasteiger partial charge is 0.521 e. The zero-order chi connectivity index (χ0) is 12.3. The molecule has 0 spiro atoms. The zero-order valence-corrected chi connectivity index (χ0v) is 12.4. The van der Waals surface area contributed by atoms with Gasteiger partial charge >= 0.3 is 58.4 Å². The van der Waals surface area contributed by atoms with Crippen molar-refractivity contribution in [3.63, 3.8) is 0 Å². The van der Waals surface area contributed by atoms with E-state index in [0.29, 0.717) is 0 Å². The van der Waals surface area contributed by atoms with Gasteiger partial charge in [0.15, 0.2) is 0 Å². The number of hydrogen-bond donors (Lipinski definition) is 0. The molecular formula is C8H8BF3KNO3. The summed E-state index contributed by atoms with van der Waals surface area (Å²) in [7, 11) is 0. The molecular weight excluding hydrogens is 265 g/mol. The molecule has 0 heterocycles. The third kappa shape index (κ3) is 5.39. The van der Waals surface area contributed by atoms with Gasteiger partial charge in [-0.3, -0.25) is 10.1 Å². The van der Waals surface area contributed by atoms with Gasteiger partial charge < -0.3 is 17.7 Å². The summed E-state index contributed by atoms with van der Waals surface area (Å²) in [4.78, 5) is 9.84. The van der Waals surface area contributed by atoms with Crippen LogP contribution in [0, 0.1) is 17.0 Å². The van der Waals surface area contributed by atoms with Gasteiger partial charge in [-0.1, -0.05) is 6.07 Å². The van der Waals surface area contributed by atoms with Gasteiger partial charge in [0.1, 0.15) is 5.75 Å². The van der Waals surface area contributed by atoms with Gasteiger partial charge in [-0.05, 0) is 13.0 Å². The Morgan fingerprint density at radius 3 is 2.47 bits per heavy atom. The van der Waals surface area contributed by atoms with Gasteiger partial charge in [0, 0.05) is 6.07 Å². The second-order valence-corrected chi connectivity index (χ2v) is 3.18. The first-order chi connectivity index (χ1) is 7.31. The third-order valence-electron chi connectivity index (χ3n) is 1.88. The SMILES string of the molecule is Cc1c(OC[B-](F)(F)F)cccc1[N+](=O)[O-].[K+]. The normalized spacial score (nSPS) is 10.6. The molecule has 17 heavy (non-hydrogen) atoms. The van der Waals surface area contributed by atoms with Crippen molar-refractivity contribution < 1.29 is 74.0 Å². The Morgan fingerprint density at radius 1 is 1.41 bits per heavy atom. The molecule has 0 saturated carbocycles. The van der Waals surface area contributed by atoms with Gasteiger partial charge in [-0.15, -0.1) is 0 Å². The van der Waals surface area contributed by atoms with Crippen LogP contribution in [0.1, 0.15) is 5.56 Å². The van der Waals surface area contributed by atoms with E-state index in [1.165, 1.54) is 25.1 Å². The van der Waals surface area contributed by atoms with E-state index < -0.39 is 18.4 Å². The van der Waals surface area contributed by atoms with Crippen molar-refractivity contribution in [1.29, 1.82) is 0 Å². The van der Waals surface area contributed by atoms with E-state index in [-0.39, 0.29) is 68.4 Å². The maximum atomic E-state index is 11.9. The molecule has 0 unspecified atom stereocenters. The second-order valence-electron chi connectivity index (χ2n) is 3.18. The number of nitro benzene ring substituents is 1. The van der Waals surface area contributed by atoms with E-state index in [2.05, 4.69) is 4.74 Å². The van der Waals surface area contributed by atoms with Crippen molar-refractivity contribution >= 4 is 12.7 Å². The molecule has 0 atom stereocenters. The first-order valence-electron chi connectivity index (χ1n) is 4.39. The Kier molecular flexibility index (Phi) is 6.70. The van der Waals surface area contributed by atoms with E-state index in [0.717, 1.165) is 0 Å². The minimum Gasteiger partial charge on any atom is -0.521 e. The largest absolute Gasteiger partial charge is 1.00 e. The van der Waals surface area contributed by atoms with Crippen LogP contribution >= 0.6 is 0 Å². The number of halogens is 3.